The fourth-order valence-electron chi connectivity index (χ4n) is 2.04. The summed E-state index contributed by atoms with van der Waals surface area (Å²) in [5.41, 5.74) is 4.83. The minimum absolute atomic E-state index is 0.379. The highest BCUT2D eigenvalue weighted by Crippen LogP contribution is 2.25. The zero-order valence-corrected chi connectivity index (χ0v) is 14.9. The Balaban J connectivity index is 1.76. The quantitative estimate of drug-likeness (QED) is 0.564. The molecule has 0 fully saturated rings. The van der Waals surface area contributed by atoms with E-state index in [2.05, 4.69) is 10.9 Å². The van der Waals surface area contributed by atoms with Gasteiger partial charge in [-0.3, -0.25) is 20.4 Å². The van der Waals surface area contributed by atoms with Crippen LogP contribution in [0, 0.1) is 0 Å². The summed E-state index contributed by atoms with van der Waals surface area (Å²) in [6, 6.07) is 15.2. The monoisotopic (exact) mass is 372 g/mol. The number of nitrogens with one attached hydrogen (secondary N) is 2. The molecular formula is C19H20N2O6. The number of hydrogen-bond acceptors (Lipinski definition) is 6. The zero-order valence-electron chi connectivity index (χ0n) is 14.9. The van der Waals surface area contributed by atoms with Crippen LogP contribution in [0.3, 0.4) is 0 Å². The largest absolute Gasteiger partial charge is 0.493 e. The van der Waals surface area contributed by atoms with E-state index in [4.69, 9.17) is 14.2 Å². The average molecular weight is 372 g/mol. The van der Waals surface area contributed by atoms with Gasteiger partial charge in [-0.25, -0.2) is 4.79 Å². The summed E-state index contributed by atoms with van der Waals surface area (Å²) < 4.78 is 15.4. The third-order valence-electron chi connectivity index (χ3n) is 3.43. The van der Waals surface area contributed by atoms with Crippen molar-refractivity contribution in [2.24, 2.45) is 0 Å². The molecule has 0 aromatic heterocycles. The number of carbonyl (C=O) groups is 3. The van der Waals surface area contributed by atoms with E-state index in [1.54, 1.807) is 54.6 Å². The fraction of sp³-hybridized carbons (Fsp3) is 0.211. The van der Waals surface area contributed by atoms with Crippen LogP contribution in [0.4, 0.5) is 0 Å². The molecule has 0 radical (unpaired) electrons. The Bertz CT molecular complexity index is 794. The summed E-state index contributed by atoms with van der Waals surface area (Å²) in [7, 11) is 1.48. The average Bonchev–Trinajstić information content (AvgIpc) is 2.70. The van der Waals surface area contributed by atoms with Crippen molar-refractivity contribution in [3.05, 3.63) is 60.2 Å². The van der Waals surface area contributed by atoms with Crippen molar-refractivity contribution in [1.29, 1.82) is 0 Å². The SMILES string of the molecule is COc1ccccc1OCC(=O)O[C@@H](C)C(=O)NNC(=O)c1ccccc1. The number of amides is 2. The van der Waals surface area contributed by atoms with Crippen LogP contribution in [0.25, 0.3) is 0 Å². The van der Waals surface area contributed by atoms with Crippen LogP contribution in [0.5, 0.6) is 11.5 Å². The first-order chi connectivity index (χ1) is 13.0. The summed E-state index contributed by atoms with van der Waals surface area (Å²) >= 11 is 0. The molecule has 27 heavy (non-hydrogen) atoms. The van der Waals surface area contributed by atoms with E-state index < -0.39 is 30.5 Å². The van der Waals surface area contributed by atoms with Gasteiger partial charge in [0.2, 0.25) is 0 Å². The van der Waals surface area contributed by atoms with Gasteiger partial charge < -0.3 is 14.2 Å². The number of rotatable bonds is 7. The Morgan fingerprint density at radius 2 is 1.56 bits per heavy atom. The van der Waals surface area contributed by atoms with Crippen LogP contribution in [0.15, 0.2) is 54.6 Å². The first-order valence-electron chi connectivity index (χ1n) is 8.11. The standard InChI is InChI=1S/C19H20N2O6/c1-13(18(23)20-21-19(24)14-8-4-3-5-9-14)27-17(22)12-26-16-11-7-6-10-15(16)25-2/h3-11,13H,12H2,1-2H3,(H,20,23)(H,21,24)/t13-/m0/s1. The lowest BCUT2D eigenvalue weighted by Gasteiger charge is -2.15. The molecule has 142 valence electrons. The summed E-state index contributed by atoms with van der Waals surface area (Å²) in [6.07, 6.45) is -1.12. The third-order valence-corrected chi connectivity index (χ3v) is 3.43. The van der Waals surface area contributed by atoms with Crippen molar-refractivity contribution < 1.29 is 28.6 Å². The highest BCUT2D eigenvalue weighted by Gasteiger charge is 2.19. The van der Waals surface area contributed by atoms with Gasteiger partial charge >= 0.3 is 5.97 Å². The number of benzene rings is 2. The van der Waals surface area contributed by atoms with Gasteiger partial charge in [-0.1, -0.05) is 30.3 Å². The zero-order chi connectivity index (χ0) is 19.6. The maximum Gasteiger partial charge on any atom is 0.344 e. The van der Waals surface area contributed by atoms with Gasteiger partial charge in [-0.05, 0) is 31.2 Å². The van der Waals surface area contributed by atoms with E-state index in [0.717, 1.165) is 0 Å². The van der Waals surface area contributed by atoms with E-state index in [0.29, 0.717) is 17.1 Å². The molecule has 0 unspecified atom stereocenters. The fourth-order valence-corrected chi connectivity index (χ4v) is 2.04. The van der Waals surface area contributed by atoms with Crippen LogP contribution in [-0.4, -0.2) is 37.6 Å². The minimum atomic E-state index is -1.12. The van der Waals surface area contributed by atoms with Gasteiger partial charge in [0, 0.05) is 5.56 Å². The molecule has 0 aliphatic rings. The number of ether oxygens (including phenoxy) is 3. The topological polar surface area (TPSA) is 103 Å². The Hall–Kier alpha value is -3.55. The number of hydrogen-bond donors (Lipinski definition) is 2. The predicted octanol–water partition coefficient (Wildman–Crippen LogP) is 1.47. The lowest BCUT2D eigenvalue weighted by Crippen LogP contribution is -2.47. The Labute approximate surface area is 156 Å². The normalized spacial score (nSPS) is 11.0. The van der Waals surface area contributed by atoms with Crippen LogP contribution >= 0.6 is 0 Å². The van der Waals surface area contributed by atoms with Crippen molar-refractivity contribution in [3.8, 4) is 11.5 Å². The van der Waals surface area contributed by atoms with E-state index >= 15 is 0 Å². The molecule has 0 aliphatic heterocycles. The van der Waals surface area contributed by atoms with Crippen LogP contribution in [0.1, 0.15) is 17.3 Å². The number of para-hydroxylation sites is 2. The van der Waals surface area contributed by atoms with Crippen LogP contribution in [-0.2, 0) is 14.3 Å². The van der Waals surface area contributed by atoms with Crippen molar-refractivity contribution in [3.63, 3.8) is 0 Å². The second kappa shape index (κ2) is 9.81. The molecule has 2 rings (SSSR count). The van der Waals surface area contributed by atoms with Gasteiger partial charge in [0.15, 0.2) is 24.2 Å². The second-order valence-corrected chi connectivity index (χ2v) is 5.38. The lowest BCUT2D eigenvalue weighted by molar-refractivity contribution is -0.156. The van der Waals surface area contributed by atoms with Crippen molar-refractivity contribution in [2.45, 2.75) is 13.0 Å². The van der Waals surface area contributed by atoms with Crippen LogP contribution < -0.4 is 20.3 Å². The number of carbonyl (C=O) groups excluding carboxylic acids is 3. The van der Waals surface area contributed by atoms with Crippen LogP contribution in [0.2, 0.25) is 0 Å². The second-order valence-electron chi connectivity index (χ2n) is 5.38. The molecule has 0 saturated heterocycles. The first kappa shape index (κ1) is 19.8. The molecule has 2 N–H and O–H groups in total. The van der Waals surface area contributed by atoms with E-state index in [1.165, 1.54) is 14.0 Å². The summed E-state index contributed by atoms with van der Waals surface area (Å²) in [5, 5.41) is 0. The molecule has 2 aromatic carbocycles. The maximum atomic E-state index is 11.9. The molecule has 2 amide bonds. The smallest absolute Gasteiger partial charge is 0.344 e. The van der Waals surface area contributed by atoms with Gasteiger partial charge in [-0.15, -0.1) is 0 Å². The maximum absolute atomic E-state index is 11.9. The summed E-state index contributed by atoms with van der Waals surface area (Å²) in [6.45, 7) is 0.985. The molecular weight excluding hydrogens is 352 g/mol. The Kier molecular flexibility index (Phi) is 7.18. The predicted molar refractivity (Wildman–Crippen MR) is 96.1 cm³/mol. The Morgan fingerprint density at radius 1 is 0.926 bits per heavy atom. The number of hydrazine groups is 1. The molecule has 0 bridgehead atoms. The molecule has 1 atom stereocenters. The molecule has 8 heteroatoms. The minimum Gasteiger partial charge on any atom is -0.493 e. The van der Waals surface area contributed by atoms with Gasteiger partial charge in [0.25, 0.3) is 11.8 Å². The summed E-state index contributed by atoms with van der Waals surface area (Å²) in [5.74, 6) is -1.05. The molecule has 0 spiro atoms. The van der Waals surface area contributed by atoms with E-state index in [9.17, 15) is 14.4 Å². The molecule has 0 saturated carbocycles. The molecule has 8 nitrogen and oxygen atoms in total. The van der Waals surface area contributed by atoms with Gasteiger partial charge in [-0.2, -0.15) is 0 Å². The van der Waals surface area contributed by atoms with Crippen molar-refractivity contribution >= 4 is 17.8 Å². The first-order valence-corrected chi connectivity index (χ1v) is 8.11. The molecule has 0 aliphatic carbocycles. The molecule has 0 heterocycles. The van der Waals surface area contributed by atoms with Crippen molar-refractivity contribution in [2.75, 3.05) is 13.7 Å². The van der Waals surface area contributed by atoms with Crippen molar-refractivity contribution in [1.82, 2.24) is 10.9 Å². The van der Waals surface area contributed by atoms with Gasteiger partial charge in [0.05, 0.1) is 7.11 Å². The highest BCUT2D eigenvalue weighted by atomic mass is 16.6. The van der Waals surface area contributed by atoms with E-state index in [-0.39, 0.29) is 0 Å². The number of esters is 1. The number of methoxy groups -OCH3 is 1. The van der Waals surface area contributed by atoms with Gasteiger partial charge in [0.1, 0.15) is 0 Å². The molecule has 2 aromatic rings. The summed E-state index contributed by atoms with van der Waals surface area (Å²) in [4.78, 5) is 35.6. The Morgan fingerprint density at radius 3 is 2.22 bits per heavy atom. The lowest BCUT2D eigenvalue weighted by atomic mass is 10.2. The van der Waals surface area contributed by atoms with E-state index in [1.807, 2.05) is 0 Å². The highest BCUT2D eigenvalue weighted by molar-refractivity contribution is 5.95. The third kappa shape index (κ3) is 6.03.